The Balaban J connectivity index is 1.38. The number of aryl methyl sites for hydroxylation is 2. The average molecular weight is 434 g/mol. The fourth-order valence-corrected chi connectivity index (χ4v) is 3.85. The van der Waals surface area contributed by atoms with Crippen molar-refractivity contribution >= 4 is 11.8 Å². The van der Waals surface area contributed by atoms with Crippen molar-refractivity contribution in [3.63, 3.8) is 0 Å². The van der Waals surface area contributed by atoms with Gasteiger partial charge in [-0.05, 0) is 37.6 Å². The molecule has 0 saturated carbocycles. The van der Waals surface area contributed by atoms with E-state index in [1.807, 2.05) is 48.4 Å². The lowest BCUT2D eigenvalue weighted by molar-refractivity contribution is -0.139. The highest BCUT2D eigenvalue weighted by atomic mass is 16.5. The summed E-state index contributed by atoms with van der Waals surface area (Å²) in [7, 11) is 0. The quantitative estimate of drug-likeness (QED) is 0.617. The van der Waals surface area contributed by atoms with Gasteiger partial charge in [0.2, 0.25) is 11.8 Å². The SMILES string of the molecule is Cc1nccn1CCCC(=O)N1CCOC(c2cccc(-c3ccc(C(N)=O)cc3)n2)C1. The average Bonchev–Trinajstić information content (AvgIpc) is 3.24. The van der Waals surface area contributed by atoms with Crippen LogP contribution in [0, 0.1) is 6.92 Å². The van der Waals surface area contributed by atoms with E-state index in [0.717, 1.165) is 35.7 Å². The molecular formula is C24H27N5O3. The van der Waals surface area contributed by atoms with Gasteiger partial charge in [0.25, 0.3) is 0 Å². The van der Waals surface area contributed by atoms with Crippen LogP contribution in [-0.4, -0.2) is 50.9 Å². The third kappa shape index (κ3) is 5.03. The maximum atomic E-state index is 12.8. The van der Waals surface area contributed by atoms with Gasteiger partial charge in [0, 0.05) is 43.0 Å². The fraction of sp³-hybridized carbons (Fsp3) is 0.333. The van der Waals surface area contributed by atoms with Crippen LogP contribution in [0.2, 0.25) is 0 Å². The van der Waals surface area contributed by atoms with E-state index in [1.54, 1.807) is 18.3 Å². The number of morpholine rings is 1. The van der Waals surface area contributed by atoms with Crippen LogP contribution in [0.15, 0.2) is 54.9 Å². The Bertz CT molecular complexity index is 1090. The predicted octanol–water partition coefficient (Wildman–Crippen LogP) is 2.73. The molecule has 4 rings (SSSR count). The largest absolute Gasteiger partial charge is 0.368 e. The van der Waals surface area contributed by atoms with Crippen LogP contribution in [0.1, 0.15) is 40.8 Å². The van der Waals surface area contributed by atoms with Gasteiger partial charge >= 0.3 is 0 Å². The molecule has 0 aliphatic carbocycles. The Labute approximate surface area is 187 Å². The molecule has 1 aliphatic rings. The Morgan fingerprint density at radius 3 is 2.72 bits per heavy atom. The summed E-state index contributed by atoms with van der Waals surface area (Å²) < 4.78 is 7.99. The summed E-state index contributed by atoms with van der Waals surface area (Å²) in [6.45, 7) is 4.30. The summed E-state index contributed by atoms with van der Waals surface area (Å²) in [5.41, 5.74) is 8.22. The van der Waals surface area contributed by atoms with Gasteiger partial charge in [0.05, 0.1) is 24.5 Å². The second kappa shape index (κ2) is 9.74. The Morgan fingerprint density at radius 1 is 1.19 bits per heavy atom. The Morgan fingerprint density at radius 2 is 2.00 bits per heavy atom. The van der Waals surface area contributed by atoms with Crippen molar-refractivity contribution in [1.82, 2.24) is 19.4 Å². The molecule has 32 heavy (non-hydrogen) atoms. The molecule has 2 amide bonds. The number of rotatable bonds is 7. The molecule has 3 heterocycles. The predicted molar refractivity (Wildman–Crippen MR) is 120 cm³/mol. The molecule has 8 nitrogen and oxygen atoms in total. The van der Waals surface area contributed by atoms with E-state index in [0.29, 0.717) is 31.7 Å². The van der Waals surface area contributed by atoms with Gasteiger partial charge in [0.15, 0.2) is 0 Å². The molecule has 1 aliphatic heterocycles. The zero-order valence-corrected chi connectivity index (χ0v) is 18.1. The van der Waals surface area contributed by atoms with Crippen LogP contribution in [0.25, 0.3) is 11.3 Å². The first kappa shape index (κ1) is 21.7. The van der Waals surface area contributed by atoms with Gasteiger partial charge in [-0.2, -0.15) is 0 Å². The number of pyridine rings is 1. The number of aromatic nitrogens is 3. The van der Waals surface area contributed by atoms with Gasteiger partial charge in [-0.15, -0.1) is 0 Å². The molecule has 1 unspecified atom stereocenters. The molecule has 8 heteroatoms. The number of nitrogens with zero attached hydrogens (tertiary/aromatic N) is 4. The summed E-state index contributed by atoms with van der Waals surface area (Å²) in [5, 5.41) is 0. The number of primary amides is 1. The van der Waals surface area contributed by atoms with E-state index in [1.165, 1.54) is 0 Å². The maximum absolute atomic E-state index is 12.8. The number of hydrogen-bond acceptors (Lipinski definition) is 5. The highest BCUT2D eigenvalue weighted by Crippen LogP contribution is 2.25. The third-order valence-electron chi connectivity index (χ3n) is 5.70. The molecular weight excluding hydrogens is 406 g/mol. The molecule has 0 radical (unpaired) electrons. The van der Waals surface area contributed by atoms with Crippen molar-refractivity contribution in [1.29, 1.82) is 0 Å². The van der Waals surface area contributed by atoms with Crippen molar-refractivity contribution in [3.05, 3.63) is 71.9 Å². The molecule has 0 bridgehead atoms. The zero-order chi connectivity index (χ0) is 22.5. The van der Waals surface area contributed by atoms with Crippen molar-refractivity contribution in [3.8, 4) is 11.3 Å². The van der Waals surface area contributed by atoms with Crippen LogP contribution in [0.4, 0.5) is 0 Å². The number of benzene rings is 1. The topological polar surface area (TPSA) is 103 Å². The van der Waals surface area contributed by atoms with Crippen LogP contribution in [0.5, 0.6) is 0 Å². The Hall–Kier alpha value is -3.52. The van der Waals surface area contributed by atoms with E-state index in [4.69, 9.17) is 15.5 Å². The number of carbonyl (C=O) groups is 2. The second-order valence-electron chi connectivity index (χ2n) is 7.86. The minimum absolute atomic E-state index is 0.134. The zero-order valence-electron chi connectivity index (χ0n) is 18.1. The van der Waals surface area contributed by atoms with Crippen molar-refractivity contribution < 1.29 is 14.3 Å². The number of imidazole rings is 1. The molecule has 1 saturated heterocycles. The number of hydrogen-bond donors (Lipinski definition) is 1. The molecule has 1 aromatic carbocycles. The molecule has 0 spiro atoms. The number of carbonyl (C=O) groups excluding carboxylic acids is 2. The first-order valence-corrected chi connectivity index (χ1v) is 10.8. The van der Waals surface area contributed by atoms with Crippen LogP contribution in [-0.2, 0) is 16.1 Å². The summed E-state index contributed by atoms with van der Waals surface area (Å²) in [6.07, 6.45) is 4.70. The van der Waals surface area contributed by atoms with Gasteiger partial charge in [0.1, 0.15) is 11.9 Å². The summed E-state index contributed by atoms with van der Waals surface area (Å²) >= 11 is 0. The second-order valence-corrected chi connectivity index (χ2v) is 7.86. The first-order valence-electron chi connectivity index (χ1n) is 10.8. The van der Waals surface area contributed by atoms with Gasteiger partial charge in [-0.1, -0.05) is 18.2 Å². The number of nitrogens with two attached hydrogens (primary N) is 1. The van der Waals surface area contributed by atoms with E-state index in [-0.39, 0.29) is 12.0 Å². The Kier molecular flexibility index (Phi) is 6.61. The molecule has 1 atom stereocenters. The van der Waals surface area contributed by atoms with Crippen molar-refractivity contribution in [2.45, 2.75) is 32.4 Å². The minimum Gasteiger partial charge on any atom is -0.368 e. The summed E-state index contributed by atoms with van der Waals surface area (Å²) in [5.74, 6) is 0.632. The normalized spacial score (nSPS) is 16.2. The molecule has 2 N–H and O–H groups in total. The number of ether oxygens (including phenoxy) is 1. The molecule has 2 aromatic heterocycles. The van der Waals surface area contributed by atoms with Gasteiger partial charge in [-0.25, -0.2) is 9.97 Å². The molecule has 166 valence electrons. The van der Waals surface area contributed by atoms with Gasteiger partial charge in [-0.3, -0.25) is 9.59 Å². The monoisotopic (exact) mass is 433 g/mol. The third-order valence-corrected chi connectivity index (χ3v) is 5.70. The van der Waals surface area contributed by atoms with Crippen molar-refractivity contribution in [2.75, 3.05) is 19.7 Å². The van der Waals surface area contributed by atoms with Crippen LogP contribution < -0.4 is 5.73 Å². The van der Waals surface area contributed by atoms with E-state index >= 15 is 0 Å². The van der Waals surface area contributed by atoms with Crippen molar-refractivity contribution in [2.24, 2.45) is 5.73 Å². The smallest absolute Gasteiger partial charge is 0.248 e. The summed E-state index contributed by atoms with van der Waals surface area (Å²) in [4.78, 5) is 34.9. The maximum Gasteiger partial charge on any atom is 0.248 e. The van der Waals surface area contributed by atoms with Gasteiger partial charge < -0.3 is 19.9 Å². The molecule has 3 aromatic rings. The summed E-state index contributed by atoms with van der Waals surface area (Å²) in [6, 6.07) is 12.8. The lowest BCUT2D eigenvalue weighted by Gasteiger charge is -2.33. The highest BCUT2D eigenvalue weighted by molar-refractivity contribution is 5.93. The van der Waals surface area contributed by atoms with Crippen LogP contribution in [0.3, 0.4) is 0 Å². The highest BCUT2D eigenvalue weighted by Gasteiger charge is 2.26. The fourth-order valence-electron chi connectivity index (χ4n) is 3.85. The standard InChI is InChI=1S/C24H27N5O3/c1-17-26-11-13-28(17)12-3-6-23(30)29-14-15-32-22(16-29)21-5-2-4-20(27-21)18-7-9-19(10-8-18)24(25)31/h2,4-5,7-11,13,22H,3,6,12,14-16H2,1H3,(H2,25,31). The first-order chi connectivity index (χ1) is 15.5. The lowest BCUT2D eigenvalue weighted by atomic mass is 10.1. The number of amides is 2. The minimum atomic E-state index is -0.459. The van der Waals surface area contributed by atoms with Crippen LogP contribution >= 0.6 is 0 Å². The van der Waals surface area contributed by atoms with E-state index in [9.17, 15) is 9.59 Å². The molecule has 1 fully saturated rings. The van der Waals surface area contributed by atoms with E-state index < -0.39 is 5.91 Å². The lowest BCUT2D eigenvalue weighted by Crippen LogP contribution is -2.42. The van der Waals surface area contributed by atoms with E-state index in [2.05, 4.69) is 9.55 Å².